The zero-order valence-electron chi connectivity index (χ0n) is 19.1. The minimum Gasteiger partial charge on any atom is -0.342 e. The molecule has 0 aromatic heterocycles. The van der Waals surface area contributed by atoms with Crippen LogP contribution in [0, 0.1) is 16.0 Å². The second-order valence-electron chi connectivity index (χ2n) is 8.94. The Morgan fingerprint density at radius 3 is 2.17 bits per heavy atom. The molecule has 0 N–H and O–H groups in total. The largest absolute Gasteiger partial charge is 0.342 e. The smallest absolute Gasteiger partial charge is 0.269 e. The van der Waals surface area contributed by atoms with E-state index in [9.17, 15) is 14.9 Å². The SMILES string of the molecule is O=C([C@@H]1[C@@H](c2ccccc2)ON(c2ccc(Cl)cc2)[C@H]1c1ccc([N+](=O)[O-])cc1)N1CCCCC1. The Kier molecular flexibility index (Phi) is 6.70. The van der Waals surface area contributed by atoms with Crippen molar-refractivity contribution in [2.24, 2.45) is 5.92 Å². The minimum atomic E-state index is -0.535. The van der Waals surface area contributed by atoms with Gasteiger partial charge in [0.2, 0.25) is 5.91 Å². The molecule has 2 aliphatic heterocycles. The summed E-state index contributed by atoms with van der Waals surface area (Å²) in [6.45, 7) is 1.45. The van der Waals surface area contributed by atoms with Gasteiger partial charge in [0.15, 0.2) is 0 Å². The van der Waals surface area contributed by atoms with Crippen LogP contribution >= 0.6 is 11.6 Å². The number of anilines is 1. The summed E-state index contributed by atoms with van der Waals surface area (Å²) in [4.78, 5) is 33.4. The summed E-state index contributed by atoms with van der Waals surface area (Å²) in [5.74, 6) is -0.494. The third-order valence-corrected chi connectivity index (χ3v) is 7.01. The quantitative estimate of drug-likeness (QED) is 0.318. The number of nitrogens with zero attached hydrogens (tertiary/aromatic N) is 3. The maximum absolute atomic E-state index is 14.1. The van der Waals surface area contributed by atoms with Gasteiger partial charge in [-0.05, 0) is 54.7 Å². The number of hydrogen-bond donors (Lipinski definition) is 0. The highest BCUT2D eigenvalue weighted by atomic mass is 35.5. The normalized spacial score (nSPS) is 22.3. The lowest BCUT2D eigenvalue weighted by atomic mass is 9.84. The van der Waals surface area contributed by atoms with Crippen LogP contribution in [-0.2, 0) is 9.63 Å². The zero-order valence-corrected chi connectivity index (χ0v) is 19.9. The zero-order chi connectivity index (χ0) is 24.4. The Balaban J connectivity index is 1.62. The first kappa shape index (κ1) is 23.3. The molecule has 3 aromatic carbocycles. The average Bonchev–Trinajstić information content (AvgIpc) is 3.30. The molecule has 5 rings (SSSR count). The number of carbonyl (C=O) groups excluding carboxylic acids is 1. The molecule has 0 spiro atoms. The number of carbonyl (C=O) groups is 1. The topological polar surface area (TPSA) is 75.9 Å². The van der Waals surface area contributed by atoms with Crippen LogP contribution in [0.2, 0.25) is 5.02 Å². The summed E-state index contributed by atoms with van der Waals surface area (Å²) < 4.78 is 0. The number of likely N-dealkylation sites (tertiary alicyclic amines) is 1. The summed E-state index contributed by atoms with van der Waals surface area (Å²) >= 11 is 6.14. The van der Waals surface area contributed by atoms with Crippen molar-refractivity contribution in [2.45, 2.75) is 31.4 Å². The van der Waals surface area contributed by atoms with Crippen LogP contribution in [0.4, 0.5) is 11.4 Å². The molecular weight excluding hydrogens is 466 g/mol. The number of benzene rings is 3. The lowest BCUT2D eigenvalue weighted by Crippen LogP contribution is -2.42. The second-order valence-corrected chi connectivity index (χ2v) is 9.38. The molecule has 35 heavy (non-hydrogen) atoms. The van der Waals surface area contributed by atoms with Crippen LogP contribution in [0.1, 0.15) is 42.5 Å². The number of hydrogen-bond acceptors (Lipinski definition) is 5. The lowest BCUT2D eigenvalue weighted by Gasteiger charge is -2.33. The van der Waals surface area contributed by atoms with Gasteiger partial charge >= 0.3 is 0 Å². The number of rotatable bonds is 5. The van der Waals surface area contributed by atoms with Crippen LogP contribution in [0.5, 0.6) is 0 Å². The molecule has 0 bridgehead atoms. The van der Waals surface area contributed by atoms with Crippen molar-refractivity contribution in [2.75, 3.05) is 18.2 Å². The highest BCUT2D eigenvalue weighted by Crippen LogP contribution is 2.50. The van der Waals surface area contributed by atoms with Crippen LogP contribution in [0.25, 0.3) is 0 Å². The molecule has 7 nitrogen and oxygen atoms in total. The van der Waals surface area contributed by atoms with Crippen LogP contribution in [0.15, 0.2) is 78.9 Å². The van der Waals surface area contributed by atoms with Crippen LogP contribution in [0.3, 0.4) is 0 Å². The van der Waals surface area contributed by atoms with Crippen LogP contribution < -0.4 is 5.06 Å². The van der Waals surface area contributed by atoms with E-state index < -0.39 is 23.0 Å². The van der Waals surface area contributed by atoms with Gasteiger partial charge in [-0.1, -0.05) is 54.1 Å². The molecule has 0 saturated carbocycles. The average molecular weight is 492 g/mol. The van der Waals surface area contributed by atoms with E-state index in [4.69, 9.17) is 16.4 Å². The molecule has 0 aliphatic carbocycles. The van der Waals surface area contributed by atoms with E-state index in [0.717, 1.165) is 49.2 Å². The Morgan fingerprint density at radius 1 is 0.886 bits per heavy atom. The number of nitro groups is 1. The molecule has 180 valence electrons. The van der Waals surface area contributed by atoms with E-state index in [2.05, 4.69) is 0 Å². The summed E-state index contributed by atoms with van der Waals surface area (Å²) in [5, 5.41) is 13.6. The fourth-order valence-electron chi connectivity index (χ4n) is 5.01. The monoisotopic (exact) mass is 491 g/mol. The fraction of sp³-hybridized carbons (Fsp3) is 0.296. The highest BCUT2D eigenvalue weighted by molar-refractivity contribution is 6.30. The predicted molar refractivity (Wildman–Crippen MR) is 134 cm³/mol. The number of halogens is 1. The Hall–Kier alpha value is -3.42. The maximum Gasteiger partial charge on any atom is 0.269 e. The Labute approximate surface area is 209 Å². The fourth-order valence-corrected chi connectivity index (χ4v) is 5.14. The van der Waals surface area contributed by atoms with E-state index in [1.807, 2.05) is 47.4 Å². The van der Waals surface area contributed by atoms with Gasteiger partial charge in [-0.25, -0.2) is 5.06 Å². The van der Waals surface area contributed by atoms with Gasteiger partial charge in [0.1, 0.15) is 6.10 Å². The molecular formula is C27H26ClN3O4. The van der Waals surface area contributed by atoms with Crippen molar-refractivity contribution >= 4 is 28.9 Å². The Morgan fingerprint density at radius 2 is 1.54 bits per heavy atom. The van der Waals surface area contributed by atoms with E-state index in [0.29, 0.717) is 5.02 Å². The lowest BCUT2D eigenvalue weighted by molar-refractivity contribution is -0.384. The maximum atomic E-state index is 14.1. The molecule has 2 aliphatic rings. The van der Waals surface area contributed by atoms with Gasteiger partial charge in [-0.3, -0.25) is 19.7 Å². The van der Waals surface area contributed by atoms with Crippen molar-refractivity contribution < 1.29 is 14.6 Å². The molecule has 3 aromatic rings. The first-order valence-electron chi connectivity index (χ1n) is 11.8. The van der Waals surface area contributed by atoms with E-state index in [1.54, 1.807) is 29.3 Å². The number of nitro benzene ring substituents is 1. The Bertz CT molecular complexity index is 1180. The number of piperidine rings is 1. The van der Waals surface area contributed by atoms with Gasteiger partial charge in [0.05, 0.1) is 22.6 Å². The summed E-state index contributed by atoms with van der Waals surface area (Å²) in [7, 11) is 0. The molecule has 2 fully saturated rings. The summed E-state index contributed by atoms with van der Waals surface area (Å²) in [6, 6.07) is 23.0. The van der Waals surface area contributed by atoms with Gasteiger partial charge in [0, 0.05) is 30.2 Å². The second kappa shape index (κ2) is 10.1. The third-order valence-electron chi connectivity index (χ3n) is 6.75. The van der Waals surface area contributed by atoms with E-state index >= 15 is 0 Å². The molecule has 1 amide bonds. The first-order valence-corrected chi connectivity index (χ1v) is 12.2. The van der Waals surface area contributed by atoms with Gasteiger partial charge < -0.3 is 4.90 Å². The summed E-state index contributed by atoms with van der Waals surface area (Å²) in [6.07, 6.45) is 2.58. The molecule has 0 unspecified atom stereocenters. The van der Waals surface area contributed by atoms with Crippen LogP contribution in [-0.4, -0.2) is 28.8 Å². The minimum absolute atomic E-state index is 0.00391. The first-order chi connectivity index (χ1) is 17.0. The molecule has 8 heteroatoms. The molecule has 2 heterocycles. The number of non-ortho nitro benzene ring substituents is 1. The number of amides is 1. The van der Waals surface area contributed by atoms with Crippen molar-refractivity contribution in [3.8, 4) is 0 Å². The van der Waals surface area contributed by atoms with Gasteiger partial charge in [0.25, 0.3) is 5.69 Å². The molecule has 2 saturated heterocycles. The van der Waals surface area contributed by atoms with Gasteiger partial charge in [-0.2, -0.15) is 0 Å². The number of hydroxylamine groups is 1. The standard InChI is InChI=1S/C27H26ClN3O4/c28-21-11-15-22(16-12-21)30-25(19-9-13-23(14-10-19)31(33)34)24(27(32)29-17-5-2-6-18-29)26(35-30)20-7-3-1-4-8-20/h1,3-4,7-16,24-26H,2,5-6,17-18H2/t24-,25-,26+/m0/s1. The molecule has 3 atom stereocenters. The van der Waals surface area contributed by atoms with E-state index in [1.165, 1.54) is 12.1 Å². The predicted octanol–water partition coefficient (Wildman–Crippen LogP) is 6.11. The highest BCUT2D eigenvalue weighted by Gasteiger charge is 2.50. The third kappa shape index (κ3) is 4.74. The molecule has 0 radical (unpaired) electrons. The van der Waals surface area contributed by atoms with E-state index in [-0.39, 0.29) is 11.6 Å². The van der Waals surface area contributed by atoms with Crippen molar-refractivity contribution in [1.82, 2.24) is 4.90 Å². The van der Waals surface area contributed by atoms with Gasteiger partial charge in [-0.15, -0.1) is 0 Å². The van der Waals surface area contributed by atoms with Crippen molar-refractivity contribution in [3.63, 3.8) is 0 Å². The van der Waals surface area contributed by atoms with Crippen molar-refractivity contribution in [3.05, 3.63) is 105 Å². The van der Waals surface area contributed by atoms with Crippen molar-refractivity contribution in [1.29, 1.82) is 0 Å². The summed E-state index contributed by atoms with van der Waals surface area (Å²) in [5.41, 5.74) is 2.45.